The molecule has 1 nitrogen and oxygen atoms in total. The van der Waals surface area contributed by atoms with Crippen molar-refractivity contribution >= 4 is 28.6 Å². The van der Waals surface area contributed by atoms with Crippen LogP contribution in [-0.2, 0) is 6.54 Å². The van der Waals surface area contributed by atoms with Crippen molar-refractivity contribution in [2.24, 2.45) is 0 Å². The molecule has 1 rings (SSSR count). The van der Waals surface area contributed by atoms with Crippen molar-refractivity contribution in [3.05, 3.63) is 46.5 Å². The molecule has 0 heterocycles. The van der Waals surface area contributed by atoms with Crippen molar-refractivity contribution in [2.75, 3.05) is 19.3 Å². The first-order valence-electron chi connectivity index (χ1n) is 4.91. The SMILES string of the molecule is CN(CC=CCS)Cc1cccc(Br)c1. The van der Waals surface area contributed by atoms with Gasteiger partial charge in [0.05, 0.1) is 0 Å². The van der Waals surface area contributed by atoms with Crippen LogP contribution in [-0.4, -0.2) is 24.2 Å². The Labute approximate surface area is 106 Å². The minimum Gasteiger partial charge on any atom is -0.298 e. The third-order valence-corrected chi connectivity index (χ3v) is 2.73. The van der Waals surface area contributed by atoms with Crippen molar-refractivity contribution in [1.82, 2.24) is 4.90 Å². The molecule has 0 saturated carbocycles. The van der Waals surface area contributed by atoms with Crippen molar-refractivity contribution in [3.63, 3.8) is 0 Å². The van der Waals surface area contributed by atoms with Crippen LogP contribution in [0.15, 0.2) is 40.9 Å². The Morgan fingerprint density at radius 2 is 2.20 bits per heavy atom. The first kappa shape index (κ1) is 12.8. The van der Waals surface area contributed by atoms with Gasteiger partial charge in [0, 0.05) is 23.3 Å². The smallest absolute Gasteiger partial charge is 0.0234 e. The van der Waals surface area contributed by atoms with Gasteiger partial charge < -0.3 is 0 Å². The van der Waals surface area contributed by atoms with Crippen LogP contribution in [0.1, 0.15) is 5.56 Å². The Morgan fingerprint density at radius 1 is 1.40 bits per heavy atom. The van der Waals surface area contributed by atoms with Gasteiger partial charge in [-0.2, -0.15) is 12.6 Å². The number of halogens is 1. The van der Waals surface area contributed by atoms with Gasteiger partial charge in [-0.1, -0.05) is 40.2 Å². The lowest BCUT2D eigenvalue weighted by molar-refractivity contribution is 0.363. The molecule has 1 aromatic carbocycles. The Kier molecular flexibility index (Phi) is 6.06. The van der Waals surface area contributed by atoms with E-state index >= 15 is 0 Å². The Morgan fingerprint density at radius 3 is 2.87 bits per heavy atom. The standard InChI is InChI=1S/C12H16BrNS/c1-14(7-2-3-8-15)10-11-5-4-6-12(13)9-11/h2-6,9,15H,7-8,10H2,1H3. The summed E-state index contributed by atoms with van der Waals surface area (Å²) in [7, 11) is 2.11. The van der Waals surface area contributed by atoms with Gasteiger partial charge in [0.15, 0.2) is 0 Å². The van der Waals surface area contributed by atoms with Gasteiger partial charge in [-0.05, 0) is 24.7 Å². The van der Waals surface area contributed by atoms with Gasteiger partial charge in [0.2, 0.25) is 0 Å². The van der Waals surface area contributed by atoms with Crippen molar-refractivity contribution in [2.45, 2.75) is 6.54 Å². The molecule has 1 aromatic rings. The maximum atomic E-state index is 4.12. The van der Waals surface area contributed by atoms with Crippen LogP contribution in [0.4, 0.5) is 0 Å². The van der Waals surface area contributed by atoms with E-state index < -0.39 is 0 Å². The topological polar surface area (TPSA) is 3.24 Å². The van der Waals surface area contributed by atoms with Crippen LogP contribution in [0.2, 0.25) is 0 Å². The summed E-state index contributed by atoms with van der Waals surface area (Å²) in [5.74, 6) is 0.810. The molecule has 0 atom stereocenters. The molecule has 3 heteroatoms. The first-order valence-corrected chi connectivity index (χ1v) is 6.34. The third-order valence-electron chi connectivity index (χ3n) is 2.03. The van der Waals surface area contributed by atoms with Crippen LogP contribution in [0, 0.1) is 0 Å². The van der Waals surface area contributed by atoms with Gasteiger partial charge in [0.25, 0.3) is 0 Å². The van der Waals surface area contributed by atoms with Gasteiger partial charge in [0.1, 0.15) is 0 Å². The fraction of sp³-hybridized carbons (Fsp3) is 0.333. The normalized spacial score (nSPS) is 11.5. The molecule has 0 aromatic heterocycles. The quantitative estimate of drug-likeness (QED) is 0.641. The molecule has 0 bridgehead atoms. The zero-order valence-corrected chi connectivity index (χ0v) is 11.3. The van der Waals surface area contributed by atoms with E-state index in [-0.39, 0.29) is 0 Å². The van der Waals surface area contributed by atoms with E-state index in [2.05, 4.69) is 70.9 Å². The zero-order chi connectivity index (χ0) is 11.1. The summed E-state index contributed by atoms with van der Waals surface area (Å²) in [6.07, 6.45) is 4.21. The average Bonchev–Trinajstić information content (AvgIpc) is 2.18. The lowest BCUT2D eigenvalue weighted by Crippen LogP contribution is -2.17. The van der Waals surface area contributed by atoms with Gasteiger partial charge >= 0.3 is 0 Å². The second-order valence-electron chi connectivity index (χ2n) is 3.48. The summed E-state index contributed by atoms with van der Waals surface area (Å²) in [5, 5.41) is 0. The molecule has 0 amide bonds. The molecule has 82 valence electrons. The largest absolute Gasteiger partial charge is 0.298 e. The minimum atomic E-state index is 0.810. The van der Waals surface area contributed by atoms with E-state index in [1.165, 1.54) is 5.56 Å². The fourth-order valence-corrected chi connectivity index (χ4v) is 1.94. The maximum Gasteiger partial charge on any atom is 0.0234 e. The van der Waals surface area contributed by atoms with Crippen LogP contribution >= 0.6 is 28.6 Å². The van der Waals surface area contributed by atoms with Gasteiger partial charge in [-0.25, -0.2) is 0 Å². The first-order chi connectivity index (χ1) is 7.22. The zero-order valence-electron chi connectivity index (χ0n) is 8.86. The van der Waals surface area contributed by atoms with Crippen molar-refractivity contribution < 1.29 is 0 Å². The van der Waals surface area contributed by atoms with E-state index in [9.17, 15) is 0 Å². The summed E-state index contributed by atoms with van der Waals surface area (Å²) >= 11 is 7.60. The summed E-state index contributed by atoms with van der Waals surface area (Å²) in [5.41, 5.74) is 1.33. The van der Waals surface area contributed by atoms with Crippen LogP contribution in [0.3, 0.4) is 0 Å². The number of benzene rings is 1. The number of hydrogen-bond acceptors (Lipinski definition) is 2. The molecule has 0 radical (unpaired) electrons. The Balaban J connectivity index is 2.44. The molecule has 0 aliphatic carbocycles. The average molecular weight is 286 g/mol. The number of rotatable bonds is 5. The summed E-state index contributed by atoms with van der Waals surface area (Å²) in [6.45, 7) is 1.93. The number of nitrogens with zero attached hydrogens (tertiary/aromatic N) is 1. The maximum absolute atomic E-state index is 4.12. The molecular weight excluding hydrogens is 270 g/mol. The Hall–Kier alpha value is -0.250. The fourth-order valence-electron chi connectivity index (χ4n) is 1.34. The van der Waals surface area contributed by atoms with E-state index in [4.69, 9.17) is 0 Å². The minimum absolute atomic E-state index is 0.810. The number of hydrogen-bond donors (Lipinski definition) is 1. The second kappa shape index (κ2) is 7.09. The molecular formula is C12H16BrNS. The number of thiol groups is 1. The van der Waals surface area contributed by atoms with Crippen LogP contribution in [0.25, 0.3) is 0 Å². The summed E-state index contributed by atoms with van der Waals surface area (Å²) < 4.78 is 1.14. The molecule has 0 fully saturated rings. The van der Waals surface area contributed by atoms with Crippen molar-refractivity contribution in [3.8, 4) is 0 Å². The van der Waals surface area contributed by atoms with E-state index in [1.54, 1.807) is 0 Å². The highest BCUT2D eigenvalue weighted by atomic mass is 79.9. The monoisotopic (exact) mass is 285 g/mol. The van der Waals surface area contributed by atoms with E-state index in [1.807, 2.05) is 6.07 Å². The highest BCUT2D eigenvalue weighted by Gasteiger charge is 1.98. The lowest BCUT2D eigenvalue weighted by atomic mass is 10.2. The van der Waals surface area contributed by atoms with Gasteiger partial charge in [-0.3, -0.25) is 4.90 Å². The van der Waals surface area contributed by atoms with E-state index in [0.717, 1.165) is 23.3 Å². The molecule has 0 aliphatic heterocycles. The van der Waals surface area contributed by atoms with E-state index in [0.29, 0.717) is 0 Å². The summed E-state index contributed by atoms with van der Waals surface area (Å²) in [4.78, 5) is 2.27. The molecule has 0 unspecified atom stereocenters. The molecule has 0 N–H and O–H groups in total. The predicted octanol–water partition coefficient (Wildman–Crippen LogP) is 3.37. The van der Waals surface area contributed by atoms with Gasteiger partial charge in [-0.15, -0.1) is 0 Å². The number of likely N-dealkylation sites (N-methyl/N-ethyl adjacent to an activating group) is 1. The van der Waals surface area contributed by atoms with Crippen LogP contribution < -0.4 is 0 Å². The van der Waals surface area contributed by atoms with Crippen molar-refractivity contribution in [1.29, 1.82) is 0 Å². The Bertz CT molecular complexity index is 325. The molecule has 0 aliphatic rings. The second-order valence-corrected chi connectivity index (χ2v) is 4.76. The highest BCUT2D eigenvalue weighted by Crippen LogP contribution is 2.12. The molecule has 0 spiro atoms. The molecule has 15 heavy (non-hydrogen) atoms. The third kappa shape index (κ3) is 5.40. The highest BCUT2D eigenvalue weighted by molar-refractivity contribution is 9.10. The predicted molar refractivity (Wildman–Crippen MR) is 73.5 cm³/mol. The summed E-state index contributed by atoms with van der Waals surface area (Å²) in [6, 6.07) is 8.41. The van der Waals surface area contributed by atoms with Crippen LogP contribution in [0.5, 0.6) is 0 Å². The molecule has 0 saturated heterocycles. The lowest BCUT2D eigenvalue weighted by Gasteiger charge is -2.14.